The van der Waals surface area contributed by atoms with Gasteiger partial charge < -0.3 is 5.32 Å². The van der Waals surface area contributed by atoms with Gasteiger partial charge in [-0.1, -0.05) is 32.6 Å². The number of aromatic nitrogens is 1. The minimum Gasteiger partial charge on any atom is -0.344 e. The fourth-order valence-corrected chi connectivity index (χ4v) is 3.50. The van der Waals surface area contributed by atoms with E-state index in [4.69, 9.17) is 5.41 Å². The number of aryl methyl sites for hydroxylation is 1. The molecule has 3 rings (SSSR count). The lowest BCUT2D eigenvalue weighted by Gasteiger charge is -2.10. The van der Waals surface area contributed by atoms with Crippen molar-refractivity contribution in [3.05, 3.63) is 88.4 Å². The SMILES string of the molecule is C=C(Cc1ccc2ncccc2c1)NC(/C=C\C(=N)c1ccc(C)s1)=NC.CC. The van der Waals surface area contributed by atoms with E-state index in [1.54, 1.807) is 30.7 Å². The fourth-order valence-electron chi connectivity index (χ4n) is 2.70. The molecule has 0 saturated carbocycles. The lowest BCUT2D eigenvalue weighted by Crippen LogP contribution is -2.21. The number of nitrogens with one attached hydrogen (secondary N) is 2. The zero-order chi connectivity index (χ0) is 21.2. The van der Waals surface area contributed by atoms with Crippen LogP contribution in [-0.4, -0.2) is 23.6 Å². The molecule has 1 aromatic carbocycles. The highest BCUT2D eigenvalue weighted by molar-refractivity contribution is 7.14. The maximum atomic E-state index is 8.16. The van der Waals surface area contributed by atoms with Crippen molar-refractivity contribution >= 4 is 33.8 Å². The summed E-state index contributed by atoms with van der Waals surface area (Å²) in [6.07, 6.45) is 6.07. The van der Waals surface area contributed by atoms with Crippen LogP contribution in [0, 0.1) is 12.3 Å². The molecule has 5 heteroatoms. The third-order valence-corrected chi connectivity index (χ3v) is 5.08. The zero-order valence-corrected chi connectivity index (χ0v) is 18.3. The van der Waals surface area contributed by atoms with Crippen molar-refractivity contribution in [2.75, 3.05) is 7.05 Å². The predicted octanol–water partition coefficient (Wildman–Crippen LogP) is 5.93. The average Bonchev–Trinajstić information content (AvgIpc) is 3.18. The van der Waals surface area contributed by atoms with Gasteiger partial charge in [-0.3, -0.25) is 15.4 Å². The van der Waals surface area contributed by atoms with Gasteiger partial charge in [0.15, 0.2) is 0 Å². The van der Waals surface area contributed by atoms with E-state index >= 15 is 0 Å². The molecule has 3 aromatic rings. The van der Waals surface area contributed by atoms with Crippen LogP contribution in [0.4, 0.5) is 0 Å². The fraction of sp³-hybridized carbons (Fsp3) is 0.208. The number of fused-ring (bicyclic) bond motifs is 1. The second kappa shape index (κ2) is 11.1. The van der Waals surface area contributed by atoms with Gasteiger partial charge in [-0.15, -0.1) is 11.3 Å². The van der Waals surface area contributed by atoms with Crippen LogP contribution in [0.2, 0.25) is 0 Å². The summed E-state index contributed by atoms with van der Waals surface area (Å²) in [5.41, 5.74) is 3.47. The molecule has 0 aliphatic heterocycles. The molecule has 2 N–H and O–H groups in total. The van der Waals surface area contributed by atoms with Crippen molar-refractivity contribution in [3.8, 4) is 0 Å². The first kappa shape index (κ1) is 22.2. The summed E-state index contributed by atoms with van der Waals surface area (Å²) in [5.74, 6) is 0.681. The van der Waals surface area contributed by atoms with Crippen molar-refractivity contribution in [1.29, 1.82) is 5.41 Å². The third kappa shape index (κ3) is 6.50. The summed E-state index contributed by atoms with van der Waals surface area (Å²) in [7, 11) is 1.72. The molecular formula is C24H28N4S. The highest BCUT2D eigenvalue weighted by atomic mass is 32.1. The van der Waals surface area contributed by atoms with Crippen molar-refractivity contribution in [3.63, 3.8) is 0 Å². The molecular weight excluding hydrogens is 376 g/mol. The molecule has 0 radical (unpaired) electrons. The Bertz CT molecular complexity index is 1040. The van der Waals surface area contributed by atoms with Crippen LogP contribution in [0.3, 0.4) is 0 Å². The Morgan fingerprint density at radius 1 is 1.21 bits per heavy atom. The molecule has 0 saturated heterocycles. The first-order valence-electron chi connectivity index (χ1n) is 9.64. The molecule has 29 heavy (non-hydrogen) atoms. The summed E-state index contributed by atoms with van der Waals surface area (Å²) in [4.78, 5) is 10.7. The average molecular weight is 405 g/mol. The van der Waals surface area contributed by atoms with Crippen LogP contribution >= 0.6 is 11.3 Å². The van der Waals surface area contributed by atoms with E-state index < -0.39 is 0 Å². The van der Waals surface area contributed by atoms with E-state index in [1.807, 2.05) is 51.1 Å². The normalized spacial score (nSPS) is 11.2. The molecule has 0 bridgehead atoms. The van der Waals surface area contributed by atoms with Crippen molar-refractivity contribution in [2.24, 2.45) is 4.99 Å². The second-order valence-electron chi connectivity index (χ2n) is 6.20. The van der Waals surface area contributed by atoms with Crippen LogP contribution < -0.4 is 5.32 Å². The largest absolute Gasteiger partial charge is 0.344 e. The molecule has 0 unspecified atom stereocenters. The molecule has 2 heterocycles. The van der Waals surface area contributed by atoms with E-state index in [9.17, 15) is 0 Å². The molecule has 0 amide bonds. The third-order valence-electron chi connectivity index (χ3n) is 4.04. The standard InChI is InChI=1S/C22H22N4S.C2H6/c1-15(13-17-7-9-20-18(14-17)5-4-12-25-20)26-22(24-3)11-8-19(23)21-10-6-16(2)27-21;1-2/h4-12,14,23H,1,13H2,2-3H3,(H,24,26);1-2H3/b11-8-,23-19?;. The minimum absolute atomic E-state index is 0.476. The van der Waals surface area contributed by atoms with Gasteiger partial charge in [-0.2, -0.15) is 0 Å². The van der Waals surface area contributed by atoms with E-state index in [1.165, 1.54) is 4.88 Å². The molecule has 2 aromatic heterocycles. The molecule has 0 aliphatic carbocycles. The van der Waals surface area contributed by atoms with Gasteiger partial charge in [-0.25, -0.2) is 0 Å². The number of aliphatic imine (C=N–C) groups is 1. The van der Waals surface area contributed by atoms with Gasteiger partial charge in [0.25, 0.3) is 0 Å². The van der Waals surface area contributed by atoms with Crippen molar-refractivity contribution in [2.45, 2.75) is 27.2 Å². The van der Waals surface area contributed by atoms with Crippen LogP contribution in [0.15, 0.2) is 78.1 Å². The monoisotopic (exact) mass is 404 g/mol. The van der Waals surface area contributed by atoms with Gasteiger partial charge in [0.2, 0.25) is 0 Å². The van der Waals surface area contributed by atoms with Gasteiger partial charge in [-0.05, 0) is 55.0 Å². The number of hydrogen-bond donors (Lipinski definition) is 2. The van der Waals surface area contributed by atoms with Crippen LogP contribution in [0.5, 0.6) is 0 Å². The summed E-state index contributed by atoms with van der Waals surface area (Å²) in [6, 6.07) is 14.2. The maximum absolute atomic E-state index is 8.16. The van der Waals surface area contributed by atoms with E-state index in [0.717, 1.165) is 27.0 Å². The van der Waals surface area contributed by atoms with E-state index in [2.05, 4.69) is 40.1 Å². The lowest BCUT2D eigenvalue weighted by atomic mass is 10.1. The number of thiophene rings is 1. The number of hydrogen-bond acceptors (Lipinski definition) is 4. The first-order chi connectivity index (χ1) is 14.0. The molecule has 4 nitrogen and oxygen atoms in total. The second-order valence-corrected chi connectivity index (χ2v) is 7.49. The highest BCUT2D eigenvalue weighted by Gasteiger charge is 2.04. The highest BCUT2D eigenvalue weighted by Crippen LogP contribution is 2.16. The summed E-state index contributed by atoms with van der Waals surface area (Å²) < 4.78 is 0. The molecule has 0 spiro atoms. The summed E-state index contributed by atoms with van der Waals surface area (Å²) >= 11 is 1.61. The molecule has 0 atom stereocenters. The smallest absolute Gasteiger partial charge is 0.124 e. The van der Waals surface area contributed by atoms with Gasteiger partial charge >= 0.3 is 0 Å². The van der Waals surface area contributed by atoms with Crippen LogP contribution in [-0.2, 0) is 6.42 Å². The summed E-state index contributed by atoms with van der Waals surface area (Å²) in [6.45, 7) is 10.2. The number of amidine groups is 1. The first-order valence-corrected chi connectivity index (χ1v) is 10.5. The Balaban J connectivity index is 0.00000145. The summed E-state index contributed by atoms with van der Waals surface area (Å²) in [5, 5.41) is 12.5. The lowest BCUT2D eigenvalue weighted by molar-refractivity contribution is 1.02. The Hall–Kier alpha value is -3.05. The number of nitrogens with zero attached hydrogens (tertiary/aromatic N) is 2. The van der Waals surface area contributed by atoms with Crippen molar-refractivity contribution in [1.82, 2.24) is 10.3 Å². The van der Waals surface area contributed by atoms with Crippen LogP contribution in [0.1, 0.15) is 29.2 Å². The predicted molar refractivity (Wildman–Crippen MR) is 127 cm³/mol. The Kier molecular flexibility index (Phi) is 8.49. The number of benzene rings is 1. The Labute approximate surface area is 177 Å². The molecule has 0 aliphatic rings. The van der Waals surface area contributed by atoms with Gasteiger partial charge in [0.05, 0.1) is 16.1 Å². The van der Waals surface area contributed by atoms with E-state index in [-0.39, 0.29) is 0 Å². The molecule has 0 fully saturated rings. The van der Waals surface area contributed by atoms with Crippen LogP contribution in [0.25, 0.3) is 10.9 Å². The van der Waals surface area contributed by atoms with E-state index in [0.29, 0.717) is 18.0 Å². The zero-order valence-electron chi connectivity index (χ0n) is 17.5. The van der Waals surface area contributed by atoms with Gasteiger partial charge in [0, 0.05) is 35.6 Å². The Morgan fingerprint density at radius 2 is 2.00 bits per heavy atom. The Morgan fingerprint density at radius 3 is 2.69 bits per heavy atom. The number of rotatable bonds is 6. The maximum Gasteiger partial charge on any atom is 0.124 e. The molecule has 150 valence electrons. The minimum atomic E-state index is 0.476. The van der Waals surface area contributed by atoms with Crippen molar-refractivity contribution < 1.29 is 0 Å². The quantitative estimate of drug-likeness (QED) is 0.395. The van der Waals surface area contributed by atoms with Gasteiger partial charge in [0.1, 0.15) is 5.84 Å². The number of allylic oxidation sites excluding steroid dienone is 2. The topological polar surface area (TPSA) is 61.1 Å². The number of pyridine rings is 1.